The molecule has 1 heterocycles. The molecule has 2 aromatic rings. The Morgan fingerprint density at radius 1 is 1.30 bits per heavy atom. The molecule has 23 heavy (non-hydrogen) atoms. The number of benzene rings is 2. The van der Waals surface area contributed by atoms with Gasteiger partial charge >= 0.3 is 0 Å². The Hall–Kier alpha value is -1.56. The first-order chi connectivity index (χ1) is 10.7. The lowest BCUT2D eigenvalue weighted by Gasteiger charge is -2.12. The predicted molar refractivity (Wildman–Crippen MR) is 93.3 cm³/mol. The summed E-state index contributed by atoms with van der Waals surface area (Å²) in [6.45, 7) is 0.499. The van der Waals surface area contributed by atoms with Gasteiger partial charge < -0.3 is 11.1 Å². The van der Waals surface area contributed by atoms with E-state index in [-0.39, 0.29) is 36.6 Å². The first-order valence-corrected chi connectivity index (χ1v) is 8.14. The Labute approximate surface area is 145 Å². The highest BCUT2D eigenvalue weighted by Crippen LogP contribution is 2.39. The van der Waals surface area contributed by atoms with Crippen molar-refractivity contribution in [1.82, 2.24) is 5.32 Å². The Bertz CT molecular complexity index is 711. The molecule has 0 fully saturated rings. The van der Waals surface area contributed by atoms with Crippen LogP contribution in [0.2, 0.25) is 0 Å². The molecule has 3 N–H and O–H groups in total. The van der Waals surface area contributed by atoms with Gasteiger partial charge in [-0.15, -0.1) is 24.2 Å². The van der Waals surface area contributed by atoms with Crippen molar-refractivity contribution in [3.05, 3.63) is 65.0 Å². The minimum Gasteiger partial charge on any atom is -0.351 e. The Balaban J connectivity index is 0.00000192. The van der Waals surface area contributed by atoms with Crippen molar-refractivity contribution >= 4 is 30.1 Å². The normalized spacial score (nSPS) is 15.7. The monoisotopic (exact) mass is 352 g/mol. The Kier molecular flexibility index (Phi) is 6.04. The number of fused-ring (bicyclic) bond motifs is 1. The summed E-state index contributed by atoms with van der Waals surface area (Å²) in [7, 11) is 0. The molecule has 0 radical (unpaired) electrons. The summed E-state index contributed by atoms with van der Waals surface area (Å²) >= 11 is 1.69. The third kappa shape index (κ3) is 3.86. The summed E-state index contributed by atoms with van der Waals surface area (Å²) in [5, 5.41) is 2.84. The molecule has 3 nitrogen and oxygen atoms in total. The van der Waals surface area contributed by atoms with Crippen LogP contribution in [0.5, 0.6) is 0 Å². The van der Waals surface area contributed by atoms with Gasteiger partial charge in [0.05, 0.1) is 5.92 Å². The second-order valence-electron chi connectivity index (χ2n) is 5.25. The van der Waals surface area contributed by atoms with Crippen LogP contribution in [0.4, 0.5) is 4.39 Å². The maximum Gasteiger partial charge on any atom is 0.228 e. The molecule has 0 saturated carbocycles. The second-order valence-corrected chi connectivity index (χ2v) is 6.31. The molecular weight excluding hydrogens is 335 g/mol. The zero-order valence-electron chi connectivity index (χ0n) is 12.4. The number of rotatable bonds is 4. The summed E-state index contributed by atoms with van der Waals surface area (Å²) in [4.78, 5) is 13.5. The molecule has 1 aliphatic rings. The van der Waals surface area contributed by atoms with Gasteiger partial charge in [-0.3, -0.25) is 4.79 Å². The first-order valence-electron chi connectivity index (χ1n) is 7.16. The zero-order chi connectivity index (χ0) is 15.5. The molecule has 0 saturated heterocycles. The zero-order valence-corrected chi connectivity index (χ0v) is 14.1. The molecule has 1 atom stereocenters. The van der Waals surface area contributed by atoms with Gasteiger partial charge in [0, 0.05) is 29.3 Å². The van der Waals surface area contributed by atoms with E-state index in [1.807, 2.05) is 24.3 Å². The number of carbonyl (C=O) groups is 1. The summed E-state index contributed by atoms with van der Waals surface area (Å²) < 4.78 is 13.9. The molecule has 1 amide bonds. The van der Waals surface area contributed by atoms with Gasteiger partial charge in [0.25, 0.3) is 0 Å². The average molecular weight is 353 g/mol. The van der Waals surface area contributed by atoms with E-state index >= 15 is 0 Å². The molecular formula is C17H18ClFN2OS. The summed E-state index contributed by atoms with van der Waals surface area (Å²) in [5.74, 6) is 0.191. The van der Waals surface area contributed by atoms with Crippen LogP contribution in [0.1, 0.15) is 22.6 Å². The molecule has 6 heteroatoms. The number of nitrogens with one attached hydrogen (secondary N) is 1. The third-order valence-electron chi connectivity index (χ3n) is 3.82. The summed E-state index contributed by atoms with van der Waals surface area (Å²) in [5.41, 5.74) is 7.76. The third-order valence-corrected chi connectivity index (χ3v) is 5.01. The SMILES string of the molecule is Cl.NCc1ccc(CNC(=O)C2CSc3ccccc32)c(F)c1. The number of thioether (sulfide) groups is 1. The number of carbonyl (C=O) groups excluding carboxylic acids is 1. The molecule has 3 rings (SSSR count). The largest absolute Gasteiger partial charge is 0.351 e. The lowest BCUT2D eigenvalue weighted by Crippen LogP contribution is -2.29. The molecule has 0 spiro atoms. The van der Waals surface area contributed by atoms with Crippen LogP contribution in [0, 0.1) is 5.82 Å². The molecule has 1 unspecified atom stereocenters. The Morgan fingerprint density at radius 2 is 2.09 bits per heavy atom. The Morgan fingerprint density at radius 3 is 2.83 bits per heavy atom. The van der Waals surface area contributed by atoms with Gasteiger partial charge in [0.2, 0.25) is 5.91 Å². The quantitative estimate of drug-likeness (QED) is 0.888. The molecule has 0 aliphatic carbocycles. The van der Waals surface area contributed by atoms with Crippen LogP contribution in [0.25, 0.3) is 0 Å². The van der Waals surface area contributed by atoms with Crippen LogP contribution in [-0.2, 0) is 17.9 Å². The van der Waals surface area contributed by atoms with E-state index in [1.54, 1.807) is 23.9 Å². The van der Waals surface area contributed by atoms with Crippen LogP contribution >= 0.6 is 24.2 Å². The van der Waals surface area contributed by atoms with Crippen molar-refractivity contribution in [3.8, 4) is 0 Å². The van der Waals surface area contributed by atoms with Crippen molar-refractivity contribution in [2.45, 2.75) is 23.9 Å². The van der Waals surface area contributed by atoms with Crippen LogP contribution in [0.15, 0.2) is 47.4 Å². The van der Waals surface area contributed by atoms with E-state index in [2.05, 4.69) is 5.32 Å². The van der Waals surface area contributed by atoms with Crippen molar-refractivity contribution in [3.63, 3.8) is 0 Å². The van der Waals surface area contributed by atoms with Gasteiger partial charge in [-0.2, -0.15) is 0 Å². The van der Waals surface area contributed by atoms with E-state index in [0.717, 1.165) is 21.8 Å². The highest BCUT2D eigenvalue weighted by Gasteiger charge is 2.28. The summed E-state index contributed by atoms with van der Waals surface area (Å²) in [6, 6.07) is 12.8. The number of amides is 1. The topological polar surface area (TPSA) is 55.1 Å². The van der Waals surface area contributed by atoms with E-state index in [4.69, 9.17) is 5.73 Å². The van der Waals surface area contributed by atoms with Crippen molar-refractivity contribution in [2.75, 3.05) is 5.75 Å². The first kappa shape index (κ1) is 17.8. The minimum absolute atomic E-state index is 0. The predicted octanol–water partition coefficient (Wildman–Crippen LogP) is 3.21. The van der Waals surface area contributed by atoms with Gasteiger partial charge in [0.15, 0.2) is 0 Å². The van der Waals surface area contributed by atoms with Crippen molar-refractivity contribution in [1.29, 1.82) is 0 Å². The smallest absolute Gasteiger partial charge is 0.228 e. The fourth-order valence-electron chi connectivity index (χ4n) is 2.55. The van der Waals surface area contributed by atoms with E-state index < -0.39 is 0 Å². The van der Waals surface area contributed by atoms with Crippen LogP contribution in [0.3, 0.4) is 0 Å². The average Bonchev–Trinajstić information content (AvgIpc) is 2.97. The minimum atomic E-state index is -0.329. The fourth-order valence-corrected chi connectivity index (χ4v) is 3.78. The lowest BCUT2D eigenvalue weighted by molar-refractivity contribution is -0.122. The molecule has 122 valence electrons. The second kappa shape index (κ2) is 7.81. The number of halogens is 2. The van der Waals surface area contributed by atoms with E-state index in [1.165, 1.54) is 6.07 Å². The standard InChI is InChI=1S/C17H17FN2OS.ClH/c18-15-7-11(8-19)5-6-12(15)9-20-17(21)14-10-22-16-4-2-1-3-13(14)16;/h1-7,14H,8-10,19H2,(H,20,21);1H. The number of hydrogen-bond acceptors (Lipinski definition) is 3. The molecule has 0 aromatic heterocycles. The van der Waals surface area contributed by atoms with Gasteiger partial charge in [0.1, 0.15) is 5.82 Å². The fraction of sp³-hybridized carbons (Fsp3) is 0.235. The maximum absolute atomic E-state index is 13.9. The van der Waals surface area contributed by atoms with E-state index in [0.29, 0.717) is 12.1 Å². The molecule has 2 aromatic carbocycles. The number of hydrogen-bond donors (Lipinski definition) is 2. The summed E-state index contributed by atoms with van der Waals surface area (Å²) in [6.07, 6.45) is 0. The van der Waals surface area contributed by atoms with E-state index in [9.17, 15) is 9.18 Å². The highest BCUT2D eigenvalue weighted by molar-refractivity contribution is 7.99. The van der Waals surface area contributed by atoms with Crippen LogP contribution in [-0.4, -0.2) is 11.7 Å². The van der Waals surface area contributed by atoms with Gasteiger partial charge in [-0.05, 0) is 23.3 Å². The lowest BCUT2D eigenvalue weighted by atomic mass is 10.0. The van der Waals surface area contributed by atoms with Crippen LogP contribution < -0.4 is 11.1 Å². The highest BCUT2D eigenvalue weighted by atomic mass is 35.5. The van der Waals surface area contributed by atoms with Gasteiger partial charge in [-0.25, -0.2) is 4.39 Å². The van der Waals surface area contributed by atoms with Crippen molar-refractivity contribution in [2.24, 2.45) is 5.73 Å². The van der Waals surface area contributed by atoms with Crippen molar-refractivity contribution < 1.29 is 9.18 Å². The van der Waals surface area contributed by atoms with Gasteiger partial charge in [-0.1, -0.05) is 30.3 Å². The maximum atomic E-state index is 13.9. The molecule has 0 bridgehead atoms. The molecule has 1 aliphatic heterocycles. The number of nitrogens with two attached hydrogens (primary N) is 1.